The minimum Gasteiger partial charge on any atom is -0.493 e. The van der Waals surface area contributed by atoms with Crippen molar-refractivity contribution in [2.24, 2.45) is 0 Å². The van der Waals surface area contributed by atoms with Gasteiger partial charge in [0.1, 0.15) is 11.3 Å². The summed E-state index contributed by atoms with van der Waals surface area (Å²) < 4.78 is 39.2. The van der Waals surface area contributed by atoms with Crippen molar-refractivity contribution in [1.29, 1.82) is 0 Å². The fourth-order valence-electron chi connectivity index (χ4n) is 2.16. The Morgan fingerprint density at radius 1 is 1.12 bits per heavy atom. The van der Waals surface area contributed by atoms with Gasteiger partial charge in [0.25, 0.3) is 11.6 Å². The van der Waals surface area contributed by atoms with Crippen molar-refractivity contribution in [2.75, 3.05) is 19.5 Å². The lowest BCUT2D eigenvalue weighted by Crippen LogP contribution is -2.16. The highest BCUT2D eigenvalue weighted by Gasteiger charge is 2.25. The molecule has 0 aliphatic carbocycles. The van der Waals surface area contributed by atoms with Crippen LogP contribution in [-0.2, 0) is 0 Å². The van der Waals surface area contributed by atoms with Crippen LogP contribution in [0.5, 0.6) is 17.2 Å². The van der Waals surface area contributed by atoms with E-state index in [0.717, 1.165) is 12.1 Å². The van der Waals surface area contributed by atoms with Crippen LogP contribution in [0.15, 0.2) is 36.4 Å². The minimum absolute atomic E-state index is 0.0668. The van der Waals surface area contributed by atoms with E-state index in [0.29, 0.717) is 0 Å². The lowest BCUT2D eigenvalue weighted by Gasteiger charge is -2.13. The maximum absolute atomic E-state index is 12.5. The third-order valence-corrected chi connectivity index (χ3v) is 3.29. The van der Waals surface area contributed by atoms with Crippen molar-refractivity contribution in [3.05, 3.63) is 52.1 Å². The highest BCUT2D eigenvalue weighted by molar-refractivity contribution is 6.08. The first-order chi connectivity index (χ1) is 12.4. The van der Waals surface area contributed by atoms with Crippen LogP contribution in [0.1, 0.15) is 10.4 Å². The van der Waals surface area contributed by atoms with E-state index in [9.17, 15) is 23.7 Å². The van der Waals surface area contributed by atoms with Crippen LogP contribution in [-0.4, -0.2) is 31.7 Å². The number of benzene rings is 2. The summed E-state index contributed by atoms with van der Waals surface area (Å²) in [6, 6.07) is 7.63. The summed E-state index contributed by atoms with van der Waals surface area (Å²) >= 11 is 0. The number of nitrogens with one attached hydrogen (secondary N) is 1. The van der Waals surface area contributed by atoms with Gasteiger partial charge in [-0.15, -0.1) is 0 Å². The lowest BCUT2D eigenvalue weighted by atomic mass is 10.1. The minimum atomic E-state index is -3.09. The largest absolute Gasteiger partial charge is 0.493 e. The van der Waals surface area contributed by atoms with Gasteiger partial charge in [0.05, 0.1) is 30.9 Å². The Labute approximate surface area is 146 Å². The number of carbonyl (C=O) groups excluding carboxylic acids is 1. The molecule has 0 saturated heterocycles. The average Bonchev–Trinajstić information content (AvgIpc) is 2.61. The van der Waals surface area contributed by atoms with Gasteiger partial charge in [0.2, 0.25) is 0 Å². The summed E-state index contributed by atoms with van der Waals surface area (Å²) in [5, 5.41) is 13.6. The van der Waals surface area contributed by atoms with Crippen molar-refractivity contribution in [3.8, 4) is 17.2 Å². The molecule has 0 fully saturated rings. The predicted octanol–water partition coefficient (Wildman–Crippen LogP) is 3.47. The number of carbonyl (C=O) groups is 1. The van der Waals surface area contributed by atoms with E-state index >= 15 is 0 Å². The van der Waals surface area contributed by atoms with Gasteiger partial charge in [0.15, 0.2) is 11.5 Å². The number of nitrogens with zero attached hydrogens (tertiary/aromatic N) is 1. The van der Waals surface area contributed by atoms with Gasteiger partial charge in [-0.05, 0) is 12.1 Å². The summed E-state index contributed by atoms with van der Waals surface area (Å²) in [5.74, 6) is -1.01. The Morgan fingerprint density at radius 3 is 2.31 bits per heavy atom. The molecule has 0 atom stereocenters. The Balaban J connectivity index is 2.43. The topological polar surface area (TPSA) is 99.9 Å². The Bertz CT molecular complexity index is 828. The zero-order chi connectivity index (χ0) is 19.3. The highest BCUT2D eigenvalue weighted by Crippen LogP contribution is 2.35. The second-order valence-corrected chi connectivity index (χ2v) is 4.81. The molecule has 138 valence electrons. The quantitative estimate of drug-likeness (QED) is 0.593. The number of para-hydroxylation sites is 2. The molecule has 0 spiro atoms. The molecule has 0 unspecified atom stereocenters. The van der Waals surface area contributed by atoms with Crippen molar-refractivity contribution in [3.63, 3.8) is 0 Å². The second kappa shape index (κ2) is 8.10. The smallest absolute Gasteiger partial charge is 0.387 e. The molecule has 1 N–H and O–H groups in total. The number of methoxy groups -OCH3 is 2. The van der Waals surface area contributed by atoms with Crippen LogP contribution < -0.4 is 19.5 Å². The van der Waals surface area contributed by atoms with Crippen LogP contribution in [0.4, 0.5) is 20.2 Å². The maximum Gasteiger partial charge on any atom is 0.387 e. The van der Waals surface area contributed by atoms with Crippen molar-refractivity contribution in [1.82, 2.24) is 0 Å². The molecule has 0 aliphatic rings. The van der Waals surface area contributed by atoms with E-state index < -0.39 is 23.1 Å². The average molecular weight is 368 g/mol. The highest BCUT2D eigenvalue weighted by atomic mass is 19.3. The van der Waals surface area contributed by atoms with Crippen molar-refractivity contribution < 1.29 is 32.7 Å². The summed E-state index contributed by atoms with van der Waals surface area (Å²) in [6.07, 6.45) is 0. The summed E-state index contributed by atoms with van der Waals surface area (Å²) in [6.45, 7) is -3.09. The predicted molar refractivity (Wildman–Crippen MR) is 87.2 cm³/mol. The molecular weight excluding hydrogens is 354 g/mol. The Morgan fingerprint density at radius 2 is 1.73 bits per heavy atom. The molecule has 2 aromatic carbocycles. The number of alkyl halides is 2. The molecule has 0 bridgehead atoms. The van der Waals surface area contributed by atoms with Gasteiger partial charge < -0.3 is 19.5 Å². The first kappa shape index (κ1) is 18.9. The van der Waals surface area contributed by atoms with Gasteiger partial charge >= 0.3 is 6.61 Å². The standard InChI is InChI=1S/C16H14F2N2O6/c1-24-13-7-9(11(20(22)23)8-14(13)25-2)15(21)19-10-5-3-4-6-12(10)26-16(17)18/h3-8,16H,1-2H3,(H,19,21). The van der Waals surface area contributed by atoms with Crippen LogP contribution >= 0.6 is 0 Å². The van der Waals surface area contributed by atoms with E-state index in [1.807, 2.05) is 0 Å². The number of nitro groups is 1. The number of ether oxygens (including phenoxy) is 3. The number of nitro benzene ring substituents is 1. The van der Waals surface area contributed by atoms with Crippen molar-refractivity contribution >= 4 is 17.3 Å². The van der Waals surface area contributed by atoms with Gasteiger partial charge in [-0.25, -0.2) is 0 Å². The Hall–Kier alpha value is -3.43. The molecule has 0 radical (unpaired) electrons. The number of anilines is 1. The van der Waals surface area contributed by atoms with Crippen LogP contribution in [0.25, 0.3) is 0 Å². The molecule has 0 aliphatic heterocycles. The van der Waals surface area contributed by atoms with E-state index in [2.05, 4.69) is 10.1 Å². The molecule has 1 amide bonds. The molecule has 0 heterocycles. The van der Waals surface area contributed by atoms with Crippen molar-refractivity contribution in [2.45, 2.75) is 6.61 Å². The van der Waals surface area contributed by atoms with E-state index in [4.69, 9.17) is 9.47 Å². The van der Waals surface area contributed by atoms with Gasteiger partial charge in [-0.1, -0.05) is 12.1 Å². The lowest BCUT2D eigenvalue weighted by molar-refractivity contribution is -0.385. The molecule has 2 aromatic rings. The van der Waals surface area contributed by atoms with Gasteiger partial charge in [0, 0.05) is 6.07 Å². The number of rotatable bonds is 7. The Kier molecular flexibility index (Phi) is 5.89. The number of halogens is 2. The van der Waals surface area contributed by atoms with Crippen LogP contribution in [0, 0.1) is 10.1 Å². The molecule has 0 saturated carbocycles. The van der Waals surface area contributed by atoms with E-state index in [1.54, 1.807) is 0 Å². The third-order valence-electron chi connectivity index (χ3n) is 3.29. The molecule has 2 rings (SSSR count). The normalized spacial score (nSPS) is 10.3. The molecule has 26 heavy (non-hydrogen) atoms. The fraction of sp³-hybridized carbons (Fsp3) is 0.188. The first-order valence-electron chi connectivity index (χ1n) is 7.13. The number of amides is 1. The first-order valence-corrected chi connectivity index (χ1v) is 7.13. The number of hydrogen-bond acceptors (Lipinski definition) is 6. The SMILES string of the molecule is COc1cc(C(=O)Nc2ccccc2OC(F)F)c([N+](=O)[O-])cc1OC. The van der Waals surface area contributed by atoms with E-state index in [1.165, 1.54) is 38.5 Å². The fourth-order valence-corrected chi connectivity index (χ4v) is 2.16. The second-order valence-electron chi connectivity index (χ2n) is 4.81. The molecule has 10 heteroatoms. The zero-order valence-corrected chi connectivity index (χ0v) is 13.7. The zero-order valence-electron chi connectivity index (χ0n) is 13.7. The molecule has 0 aromatic heterocycles. The van der Waals surface area contributed by atoms with Gasteiger partial charge in [-0.3, -0.25) is 14.9 Å². The number of hydrogen-bond donors (Lipinski definition) is 1. The van der Waals surface area contributed by atoms with Crippen LogP contribution in [0.2, 0.25) is 0 Å². The summed E-state index contributed by atoms with van der Waals surface area (Å²) in [7, 11) is 2.59. The van der Waals surface area contributed by atoms with Crippen LogP contribution in [0.3, 0.4) is 0 Å². The third kappa shape index (κ3) is 4.15. The summed E-state index contributed by atoms with van der Waals surface area (Å²) in [5.41, 5.74) is -0.936. The molecular formula is C16H14F2N2O6. The maximum atomic E-state index is 12.5. The van der Waals surface area contributed by atoms with E-state index in [-0.39, 0.29) is 28.5 Å². The van der Waals surface area contributed by atoms with Gasteiger partial charge in [-0.2, -0.15) is 8.78 Å². The molecule has 8 nitrogen and oxygen atoms in total. The summed E-state index contributed by atoms with van der Waals surface area (Å²) in [4.78, 5) is 23.0. The monoisotopic (exact) mass is 368 g/mol.